The lowest BCUT2D eigenvalue weighted by molar-refractivity contribution is -0.116. The van der Waals surface area contributed by atoms with Crippen LogP contribution in [0, 0.1) is 25.5 Å². The molecule has 2 aromatic carbocycles. The molecule has 0 bridgehead atoms. The molecule has 0 aliphatic heterocycles. The van der Waals surface area contributed by atoms with Crippen molar-refractivity contribution in [3.8, 4) is 0 Å². The predicted octanol–water partition coefficient (Wildman–Crippen LogP) is 4.15. The number of carbonyl (C=O) groups excluding carboxylic acids is 1. The summed E-state index contributed by atoms with van der Waals surface area (Å²) in [5, 5.41) is 2.40. The maximum Gasteiger partial charge on any atom is 0.224 e. The van der Waals surface area contributed by atoms with E-state index in [0.717, 1.165) is 29.3 Å². The maximum absolute atomic E-state index is 13.4. The molecule has 0 spiro atoms. The Morgan fingerprint density at radius 3 is 2.57 bits per heavy atom. The van der Waals surface area contributed by atoms with Crippen molar-refractivity contribution in [2.24, 2.45) is 0 Å². The zero-order chi connectivity index (χ0) is 15.4. The van der Waals surface area contributed by atoms with Crippen molar-refractivity contribution in [2.75, 3.05) is 5.32 Å². The highest BCUT2D eigenvalue weighted by atomic mass is 19.1. The van der Waals surface area contributed by atoms with Gasteiger partial charge in [0, 0.05) is 12.5 Å². The summed E-state index contributed by atoms with van der Waals surface area (Å²) in [6.45, 7) is 4.00. The molecule has 21 heavy (non-hydrogen) atoms. The van der Waals surface area contributed by atoms with Gasteiger partial charge in [0.05, 0.1) is 5.69 Å². The Bertz CT molecular complexity index is 668. The number of hydrogen-bond acceptors (Lipinski definition) is 1. The minimum absolute atomic E-state index is 0.124. The fraction of sp³-hybridized carbons (Fsp3) is 0.235. The highest BCUT2D eigenvalue weighted by Gasteiger charge is 2.09. The highest BCUT2D eigenvalue weighted by molar-refractivity contribution is 5.90. The SMILES string of the molecule is Cc1ccc(CCC(=O)Nc2cc(F)ccc2F)c(C)c1. The van der Waals surface area contributed by atoms with Crippen LogP contribution in [0.4, 0.5) is 14.5 Å². The number of amides is 1. The molecule has 1 N–H and O–H groups in total. The van der Waals surface area contributed by atoms with E-state index in [-0.39, 0.29) is 18.0 Å². The van der Waals surface area contributed by atoms with Crippen molar-refractivity contribution < 1.29 is 13.6 Å². The average molecular weight is 289 g/mol. The smallest absolute Gasteiger partial charge is 0.224 e. The average Bonchev–Trinajstić information content (AvgIpc) is 2.42. The Balaban J connectivity index is 1.97. The standard InChI is InChI=1S/C17H17F2NO/c1-11-3-4-13(12(2)9-11)5-8-17(21)20-16-10-14(18)6-7-15(16)19/h3-4,6-7,9-10H,5,8H2,1-2H3,(H,20,21). The van der Waals surface area contributed by atoms with Gasteiger partial charge in [-0.1, -0.05) is 23.8 Å². The monoisotopic (exact) mass is 289 g/mol. The Morgan fingerprint density at radius 1 is 1.10 bits per heavy atom. The van der Waals surface area contributed by atoms with Crippen LogP contribution in [-0.4, -0.2) is 5.91 Å². The van der Waals surface area contributed by atoms with Crippen molar-refractivity contribution >= 4 is 11.6 Å². The molecule has 2 aromatic rings. The normalized spacial score (nSPS) is 10.5. The number of aryl methyl sites for hydroxylation is 3. The number of halogens is 2. The van der Waals surface area contributed by atoms with Crippen LogP contribution in [0.5, 0.6) is 0 Å². The predicted molar refractivity (Wildman–Crippen MR) is 79.2 cm³/mol. The van der Waals surface area contributed by atoms with Crippen LogP contribution in [-0.2, 0) is 11.2 Å². The largest absolute Gasteiger partial charge is 0.324 e. The molecule has 0 unspecified atom stereocenters. The van der Waals surface area contributed by atoms with Gasteiger partial charge in [-0.05, 0) is 43.5 Å². The van der Waals surface area contributed by atoms with Gasteiger partial charge < -0.3 is 5.32 Å². The van der Waals surface area contributed by atoms with Gasteiger partial charge in [-0.3, -0.25) is 4.79 Å². The second kappa shape index (κ2) is 6.48. The van der Waals surface area contributed by atoms with Gasteiger partial charge in [-0.15, -0.1) is 0 Å². The summed E-state index contributed by atoms with van der Waals surface area (Å²) in [6, 6.07) is 9.02. The highest BCUT2D eigenvalue weighted by Crippen LogP contribution is 2.17. The van der Waals surface area contributed by atoms with Gasteiger partial charge in [0.2, 0.25) is 5.91 Å². The minimum Gasteiger partial charge on any atom is -0.324 e. The summed E-state index contributed by atoms with van der Waals surface area (Å²) in [4.78, 5) is 11.8. The van der Waals surface area contributed by atoms with Gasteiger partial charge in [0.25, 0.3) is 0 Å². The van der Waals surface area contributed by atoms with Gasteiger partial charge in [0.15, 0.2) is 0 Å². The van der Waals surface area contributed by atoms with Crippen LogP contribution >= 0.6 is 0 Å². The number of anilines is 1. The summed E-state index contributed by atoms with van der Waals surface area (Å²) in [5.41, 5.74) is 3.25. The third kappa shape index (κ3) is 4.12. The first-order valence-corrected chi connectivity index (χ1v) is 6.77. The molecule has 0 saturated heterocycles. The second-order valence-electron chi connectivity index (χ2n) is 5.10. The Hall–Kier alpha value is -2.23. The molecule has 0 aliphatic carbocycles. The van der Waals surface area contributed by atoms with Crippen molar-refractivity contribution in [2.45, 2.75) is 26.7 Å². The molecule has 0 aromatic heterocycles. The molecule has 0 fully saturated rings. The zero-order valence-corrected chi connectivity index (χ0v) is 12.0. The molecule has 0 heterocycles. The Morgan fingerprint density at radius 2 is 1.86 bits per heavy atom. The molecule has 0 atom stereocenters. The lowest BCUT2D eigenvalue weighted by atomic mass is 10.0. The number of carbonyl (C=O) groups is 1. The Kier molecular flexibility index (Phi) is 4.68. The first kappa shape index (κ1) is 15.2. The van der Waals surface area contributed by atoms with Crippen LogP contribution in [0.25, 0.3) is 0 Å². The third-order valence-corrected chi connectivity index (χ3v) is 3.32. The number of nitrogens with one attached hydrogen (secondary N) is 1. The van der Waals surface area contributed by atoms with Gasteiger partial charge >= 0.3 is 0 Å². The fourth-order valence-electron chi connectivity index (χ4n) is 2.18. The quantitative estimate of drug-likeness (QED) is 0.900. The minimum atomic E-state index is -0.642. The van der Waals surface area contributed by atoms with Crippen molar-refractivity contribution in [1.29, 1.82) is 0 Å². The van der Waals surface area contributed by atoms with E-state index >= 15 is 0 Å². The summed E-state index contributed by atoms with van der Waals surface area (Å²) in [7, 11) is 0. The summed E-state index contributed by atoms with van der Waals surface area (Å²) in [6.07, 6.45) is 0.786. The van der Waals surface area contributed by atoms with Crippen LogP contribution in [0.15, 0.2) is 36.4 Å². The van der Waals surface area contributed by atoms with E-state index in [1.807, 2.05) is 26.0 Å². The number of benzene rings is 2. The second-order valence-corrected chi connectivity index (χ2v) is 5.10. The molecule has 0 radical (unpaired) electrons. The number of rotatable bonds is 4. The van der Waals surface area contributed by atoms with Crippen molar-refractivity contribution in [3.63, 3.8) is 0 Å². The maximum atomic E-state index is 13.4. The molecular formula is C17H17F2NO. The summed E-state index contributed by atoms with van der Waals surface area (Å²) < 4.78 is 26.4. The van der Waals surface area contributed by atoms with Crippen molar-refractivity contribution in [1.82, 2.24) is 0 Å². The van der Waals surface area contributed by atoms with E-state index in [1.165, 1.54) is 5.56 Å². The van der Waals surface area contributed by atoms with Crippen LogP contribution in [0.1, 0.15) is 23.1 Å². The lowest BCUT2D eigenvalue weighted by Gasteiger charge is -2.08. The van der Waals surface area contributed by atoms with Crippen LogP contribution < -0.4 is 5.32 Å². The molecule has 2 nitrogen and oxygen atoms in total. The first-order valence-electron chi connectivity index (χ1n) is 6.77. The zero-order valence-electron chi connectivity index (χ0n) is 12.0. The summed E-state index contributed by atoms with van der Waals surface area (Å²) >= 11 is 0. The van der Waals surface area contributed by atoms with Gasteiger partial charge in [-0.2, -0.15) is 0 Å². The Labute approximate surface area is 122 Å². The molecule has 1 amide bonds. The van der Waals surface area contributed by atoms with Crippen LogP contribution in [0.2, 0.25) is 0 Å². The molecule has 110 valence electrons. The fourth-order valence-corrected chi connectivity index (χ4v) is 2.18. The van der Waals surface area contributed by atoms with Gasteiger partial charge in [-0.25, -0.2) is 8.78 Å². The molecule has 4 heteroatoms. The molecule has 0 saturated carbocycles. The van der Waals surface area contributed by atoms with Crippen LogP contribution in [0.3, 0.4) is 0 Å². The van der Waals surface area contributed by atoms with E-state index < -0.39 is 11.6 Å². The lowest BCUT2D eigenvalue weighted by Crippen LogP contribution is -2.14. The number of hydrogen-bond donors (Lipinski definition) is 1. The molecule has 2 rings (SSSR count). The van der Waals surface area contributed by atoms with E-state index in [0.29, 0.717) is 6.42 Å². The van der Waals surface area contributed by atoms with Gasteiger partial charge in [0.1, 0.15) is 11.6 Å². The first-order chi connectivity index (χ1) is 9.95. The van der Waals surface area contributed by atoms with E-state index in [1.54, 1.807) is 0 Å². The molecular weight excluding hydrogens is 272 g/mol. The van der Waals surface area contributed by atoms with E-state index in [4.69, 9.17) is 0 Å². The summed E-state index contributed by atoms with van der Waals surface area (Å²) in [5.74, 6) is -1.56. The van der Waals surface area contributed by atoms with E-state index in [2.05, 4.69) is 11.4 Å². The molecule has 0 aliphatic rings. The van der Waals surface area contributed by atoms with Crippen molar-refractivity contribution in [3.05, 3.63) is 64.7 Å². The topological polar surface area (TPSA) is 29.1 Å². The third-order valence-electron chi connectivity index (χ3n) is 3.32. The van der Waals surface area contributed by atoms with E-state index in [9.17, 15) is 13.6 Å².